The van der Waals surface area contributed by atoms with E-state index in [9.17, 15) is 10.1 Å². The van der Waals surface area contributed by atoms with E-state index < -0.39 is 4.92 Å². The van der Waals surface area contributed by atoms with Crippen LogP contribution in [0.2, 0.25) is 0 Å². The maximum absolute atomic E-state index is 11.2. The highest BCUT2D eigenvalue weighted by Crippen LogP contribution is 2.30. The van der Waals surface area contributed by atoms with E-state index in [0.717, 1.165) is 19.6 Å². The van der Waals surface area contributed by atoms with Crippen LogP contribution in [0.25, 0.3) is 0 Å². The third-order valence-corrected chi connectivity index (χ3v) is 3.42. The molecule has 8 heteroatoms. The Morgan fingerprint density at radius 1 is 1.38 bits per heavy atom. The first-order valence-electron chi connectivity index (χ1n) is 7.30. The Morgan fingerprint density at radius 2 is 2.14 bits per heavy atom. The number of rotatable bonds is 7. The van der Waals surface area contributed by atoms with Gasteiger partial charge in [0.2, 0.25) is 5.82 Å². The van der Waals surface area contributed by atoms with E-state index >= 15 is 0 Å². The molecule has 8 nitrogen and oxygen atoms in total. The minimum atomic E-state index is -0.506. The van der Waals surface area contributed by atoms with E-state index in [0.29, 0.717) is 13.2 Å². The molecule has 1 saturated heterocycles. The van der Waals surface area contributed by atoms with Gasteiger partial charge in [0.25, 0.3) is 5.88 Å². The standard InChI is InChI=1S/C13H21N5O3/c1-2-21-13-11(18(19)20)12(15-10-16-13)14-6-9-17-7-4-3-5-8-17/h10H,2-9H2,1H3,(H,14,15,16). The van der Waals surface area contributed by atoms with Crippen LogP contribution in [0.1, 0.15) is 26.2 Å². The number of nitrogens with zero attached hydrogens (tertiary/aromatic N) is 4. The lowest BCUT2D eigenvalue weighted by molar-refractivity contribution is -0.385. The number of likely N-dealkylation sites (tertiary alicyclic amines) is 1. The van der Waals surface area contributed by atoms with Crippen LogP contribution in [-0.2, 0) is 0 Å². The second kappa shape index (κ2) is 7.72. The quantitative estimate of drug-likeness (QED) is 0.604. The van der Waals surface area contributed by atoms with Crippen molar-refractivity contribution in [1.29, 1.82) is 0 Å². The van der Waals surface area contributed by atoms with Crippen molar-refractivity contribution in [2.45, 2.75) is 26.2 Å². The third kappa shape index (κ3) is 4.25. The van der Waals surface area contributed by atoms with Gasteiger partial charge in [0.05, 0.1) is 11.5 Å². The maximum Gasteiger partial charge on any atom is 0.372 e. The molecule has 0 aliphatic carbocycles. The fraction of sp³-hybridized carbons (Fsp3) is 0.692. The predicted molar refractivity (Wildman–Crippen MR) is 78.6 cm³/mol. The van der Waals surface area contributed by atoms with Crippen LogP contribution in [-0.4, -0.2) is 52.6 Å². The molecule has 1 aromatic rings. The van der Waals surface area contributed by atoms with Gasteiger partial charge >= 0.3 is 5.69 Å². The number of piperidine rings is 1. The number of nitrogens with one attached hydrogen (secondary N) is 1. The summed E-state index contributed by atoms with van der Waals surface area (Å²) in [6.07, 6.45) is 5.02. The molecule has 0 aromatic carbocycles. The van der Waals surface area contributed by atoms with Gasteiger partial charge in [-0.05, 0) is 32.9 Å². The van der Waals surface area contributed by atoms with Gasteiger partial charge in [0.15, 0.2) is 0 Å². The molecule has 0 unspecified atom stereocenters. The van der Waals surface area contributed by atoms with E-state index in [1.807, 2.05) is 0 Å². The largest absolute Gasteiger partial charge is 0.473 e. The summed E-state index contributed by atoms with van der Waals surface area (Å²) in [7, 11) is 0. The number of anilines is 1. The molecule has 0 radical (unpaired) electrons. The van der Waals surface area contributed by atoms with Gasteiger partial charge in [-0.25, -0.2) is 4.98 Å². The lowest BCUT2D eigenvalue weighted by atomic mass is 10.1. The molecule has 0 atom stereocenters. The zero-order chi connectivity index (χ0) is 15.1. The minimum Gasteiger partial charge on any atom is -0.473 e. The van der Waals surface area contributed by atoms with Crippen molar-refractivity contribution in [3.05, 3.63) is 16.4 Å². The highest BCUT2D eigenvalue weighted by Gasteiger charge is 2.24. The van der Waals surface area contributed by atoms with Crippen molar-refractivity contribution < 1.29 is 9.66 Å². The van der Waals surface area contributed by atoms with Crippen LogP contribution in [0.5, 0.6) is 5.88 Å². The molecule has 1 fully saturated rings. The third-order valence-electron chi connectivity index (χ3n) is 3.42. The van der Waals surface area contributed by atoms with Gasteiger partial charge in [-0.15, -0.1) is 0 Å². The van der Waals surface area contributed by atoms with Crippen molar-refractivity contribution in [3.8, 4) is 5.88 Å². The zero-order valence-electron chi connectivity index (χ0n) is 12.2. The second-order valence-electron chi connectivity index (χ2n) is 4.90. The van der Waals surface area contributed by atoms with Crippen LogP contribution in [0.4, 0.5) is 11.5 Å². The first-order valence-corrected chi connectivity index (χ1v) is 7.30. The molecule has 2 rings (SSSR count). The normalized spacial score (nSPS) is 15.7. The van der Waals surface area contributed by atoms with Crippen molar-refractivity contribution >= 4 is 11.5 Å². The summed E-state index contributed by atoms with van der Waals surface area (Å²) in [5.41, 5.74) is -0.196. The highest BCUT2D eigenvalue weighted by atomic mass is 16.6. The Balaban J connectivity index is 1.98. The van der Waals surface area contributed by atoms with Gasteiger partial charge in [0.1, 0.15) is 6.33 Å². The number of aromatic nitrogens is 2. The fourth-order valence-corrected chi connectivity index (χ4v) is 2.41. The molecule has 0 bridgehead atoms. The average molecular weight is 295 g/mol. The molecular formula is C13H21N5O3. The van der Waals surface area contributed by atoms with Gasteiger partial charge in [-0.2, -0.15) is 4.98 Å². The van der Waals surface area contributed by atoms with E-state index in [4.69, 9.17) is 4.74 Å². The maximum atomic E-state index is 11.2. The van der Waals surface area contributed by atoms with E-state index in [1.54, 1.807) is 6.92 Å². The second-order valence-corrected chi connectivity index (χ2v) is 4.90. The van der Waals surface area contributed by atoms with Gasteiger partial charge in [-0.1, -0.05) is 6.42 Å². The molecule has 1 aromatic heterocycles. The number of ether oxygens (including phenoxy) is 1. The predicted octanol–water partition coefficient (Wildman–Crippen LogP) is 1.68. The molecule has 116 valence electrons. The van der Waals surface area contributed by atoms with Crippen LogP contribution < -0.4 is 10.1 Å². The number of nitro groups is 1. The first kappa shape index (κ1) is 15.4. The lowest BCUT2D eigenvalue weighted by Crippen LogP contribution is -2.33. The van der Waals surface area contributed by atoms with Crippen LogP contribution in [0, 0.1) is 10.1 Å². The van der Waals surface area contributed by atoms with Crippen molar-refractivity contribution in [2.24, 2.45) is 0 Å². The number of hydrogen-bond donors (Lipinski definition) is 1. The summed E-state index contributed by atoms with van der Waals surface area (Å²) in [5, 5.41) is 14.2. The van der Waals surface area contributed by atoms with E-state index in [2.05, 4.69) is 20.2 Å². The Hall–Kier alpha value is -1.96. The Morgan fingerprint density at radius 3 is 2.81 bits per heavy atom. The molecule has 1 aliphatic rings. The molecule has 0 saturated carbocycles. The van der Waals surface area contributed by atoms with E-state index in [1.165, 1.54) is 25.6 Å². The molecule has 2 heterocycles. The van der Waals surface area contributed by atoms with Crippen molar-refractivity contribution in [2.75, 3.05) is 38.1 Å². The highest BCUT2D eigenvalue weighted by molar-refractivity contribution is 5.61. The SMILES string of the molecule is CCOc1ncnc(NCCN2CCCCC2)c1[N+](=O)[O-]. The summed E-state index contributed by atoms with van der Waals surface area (Å²) in [6, 6.07) is 0. The summed E-state index contributed by atoms with van der Waals surface area (Å²) in [6.45, 7) is 5.74. The van der Waals surface area contributed by atoms with Crippen LogP contribution in [0.15, 0.2) is 6.33 Å². The smallest absolute Gasteiger partial charge is 0.372 e. The molecule has 1 aliphatic heterocycles. The van der Waals surface area contributed by atoms with Gasteiger partial charge < -0.3 is 15.0 Å². The van der Waals surface area contributed by atoms with Crippen LogP contribution >= 0.6 is 0 Å². The van der Waals surface area contributed by atoms with Gasteiger partial charge in [0, 0.05) is 13.1 Å². The molecule has 21 heavy (non-hydrogen) atoms. The monoisotopic (exact) mass is 295 g/mol. The molecule has 1 N–H and O–H groups in total. The van der Waals surface area contributed by atoms with Crippen molar-refractivity contribution in [3.63, 3.8) is 0 Å². The summed E-state index contributed by atoms with van der Waals surface area (Å²) in [5.74, 6) is 0.230. The zero-order valence-corrected chi connectivity index (χ0v) is 12.2. The minimum absolute atomic E-state index is 0.0120. The molecular weight excluding hydrogens is 274 g/mol. The molecule has 0 amide bonds. The first-order chi connectivity index (χ1) is 10.2. The fourth-order valence-electron chi connectivity index (χ4n) is 2.41. The lowest BCUT2D eigenvalue weighted by Gasteiger charge is -2.26. The number of hydrogen-bond acceptors (Lipinski definition) is 7. The van der Waals surface area contributed by atoms with Crippen molar-refractivity contribution in [1.82, 2.24) is 14.9 Å². The Kier molecular flexibility index (Phi) is 5.68. The molecule has 0 spiro atoms. The summed E-state index contributed by atoms with van der Waals surface area (Å²) >= 11 is 0. The van der Waals surface area contributed by atoms with E-state index in [-0.39, 0.29) is 17.4 Å². The van der Waals surface area contributed by atoms with Crippen LogP contribution in [0.3, 0.4) is 0 Å². The average Bonchev–Trinajstić information content (AvgIpc) is 2.48. The summed E-state index contributed by atoms with van der Waals surface area (Å²) in [4.78, 5) is 20.8. The topological polar surface area (TPSA) is 93.4 Å². The van der Waals surface area contributed by atoms with Gasteiger partial charge in [-0.3, -0.25) is 10.1 Å². The summed E-state index contributed by atoms with van der Waals surface area (Å²) < 4.78 is 5.19. The Labute approximate surface area is 123 Å². The Bertz CT molecular complexity index is 477.